The molecule has 1 aliphatic carbocycles. The molecule has 0 aromatic heterocycles. The number of aryl methyl sites for hydroxylation is 1. The van der Waals surface area contributed by atoms with Gasteiger partial charge in [0.15, 0.2) is 0 Å². The number of hydrogen-bond donors (Lipinski definition) is 0. The van der Waals surface area contributed by atoms with Gasteiger partial charge in [-0.1, -0.05) is 0 Å². The molecule has 3 heteroatoms. The molecule has 1 aliphatic rings. The van der Waals surface area contributed by atoms with Crippen LogP contribution >= 0.6 is 14.8 Å². The van der Waals surface area contributed by atoms with Crippen molar-refractivity contribution < 1.29 is 0 Å². The van der Waals surface area contributed by atoms with Crippen molar-refractivity contribution in [1.82, 2.24) is 0 Å². The van der Waals surface area contributed by atoms with Gasteiger partial charge in [0.25, 0.3) is 0 Å². The molecule has 270 valence electrons. The van der Waals surface area contributed by atoms with Crippen LogP contribution < -0.4 is 25.7 Å². The van der Waals surface area contributed by atoms with E-state index in [4.69, 9.17) is 0 Å². The van der Waals surface area contributed by atoms with Crippen molar-refractivity contribution in [1.29, 1.82) is 0 Å². The van der Waals surface area contributed by atoms with Crippen molar-refractivity contribution in [3.63, 3.8) is 0 Å². The van der Waals surface area contributed by atoms with E-state index in [1.807, 2.05) is 0 Å². The summed E-state index contributed by atoms with van der Waals surface area (Å²) in [5.41, 5.74) is 3.38. The van der Waals surface area contributed by atoms with Crippen molar-refractivity contribution >= 4 is 41.7 Å². The molecule has 0 heterocycles. The van der Waals surface area contributed by atoms with Gasteiger partial charge in [-0.2, -0.15) is 0 Å². The molecule has 1 saturated carbocycles. The van der Waals surface area contributed by atoms with E-state index in [1.54, 1.807) is 0 Å². The summed E-state index contributed by atoms with van der Waals surface area (Å²) in [6, 6.07) is 56.3. The first-order valence-corrected chi connectivity index (χ1v) is 23.7. The minimum absolute atomic E-state index is 0.133. The fourth-order valence-corrected chi connectivity index (χ4v) is 24.3. The Morgan fingerprint density at radius 3 is 1.52 bits per heavy atom. The molecule has 5 aromatic carbocycles. The van der Waals surface area contributed by atoms with E-state index < -0.39 is 14.8 Å². The van der Waals surface area contributed by atoms with Crippen molar-refractivity contribution in [3.8, 4) is 0 Å². The Morgan fingerprint density at radius 1 is 0.577 bits per heavy atom. The van der Waals surface area contributed by atoms with Crippen molar-refractivity contribution in [3.05, 3.63) is 188 Å². The minimum atomic E-state index is -3.08. The third-order valence-electron chi connectivity index (χ3n) is 11.6. The van der Waals surface area contributed by atoms with Crippen LogP contribution in [0, 0.1) is 12.8 Å². The van der Waals surface area contributed by atoms with Crippen LogP contribution in [0.4, 0.5) is 5.69 Å². The van der Waals surface area contributed by atoms with Crippen LogP contribution in [0.25, 0.3) is 0 Å². The molecule has 6 rings (SSSR count). The van der Waals surface area contributed by atoms with Crippen LogP contribution in [-0.2, 0) is 0 Å². The quantitative estimate of drug-likeness (QED) is 0.0626. The Morgan fingerprint density at radius 2 is 1.06 bits per heavy atom. The third-order valence-corrected chi connectivity index (χ3v) is 23.5. The van der Waals surface area contributed by atoms with Gasteiger partial charge in [0.1, 0.15) is 0 Å². The SMILES string of the molecule is C/C=C\C=C/[C@H](/C=C\C)[PH](c1ccccc1)(c1ccccc1)N(c1ccccc1C)[PH](c1ccccc1)(c1ccccc1)C1CCC(CCC)CC1. The molecule has 1 fully saturated rings. The summed E-state index contributed by atoms with van der Waals surface area (Å²) < 4.78 is 3.21. The second-order valence-corrected chi connectivity index (χ2v) is 22.8. The average molecular weight is 724 g/mol. The molecule has 0 bridgehead atoms. The predicted octanol–water partition coefficient (Wildman–Crippen LogP) is 11.9. The average Bonchev–Trinajstić information content (AvgIpc) is 3.20. The van der Waals surface area contributed by atoms with E-state index in [0.717, 1.165) is 5.92 Å². The van der Waals surface area contributed by atoms with Gasteiger partial charge < -0.3 is 0 Å². The summed E-state index contributed by atoms with van der Waals surface area (Å²) in [6.45, 7) is 9.04. The Balaban J connectivity index is 1.87. The van der Waals surface area contributed by atoms with Crippen LogP contribution in [0.1, 0.15) is 64.9 Å². The standard InChI is InChI=1S/C49H59NP2/c1-5-8-13-27-43(25-7-3)51(44-28-14-9-15-29-44,45-30-16-10-17-31-45)50(49-36-23-22-26-41(49)4)52(46-32-18-11-19-33-46,47-34-20-12-21-35-47)48-39-37-42(24-6-2)38-40-48/h5,7-23,25-36,42-43,48,51-52H,6,24,37-40H2,1-4H3/b8-5-,25-7-,27-13-/t42?,43-,48?/m0/s1. The number of nitrogens with zero attached hydrogens (tertiary/aromatic N) is 1. The van der Waals surface area contributed by atoms with Crippen LogP contribution in [0.5, 0.6) is 0 Å². The maximum atomic E-state index is 3.21. The first-order valence-electron chi connectivity index (χ1n) is 19.6. The maximum absolute atomic E-state index is 3.21. The third kappa shape index (κ3) is 7.42. The van der Waals surface area contributed by atoms with Crippen LogP contribution in [0.15, 0.2) is 182 Å². The van der Waals surface area contributed by atoms with Gasteiger partial charge >= 0.3 is 317 Å². The Bertz CT molecular complexity index is 1810. The van der Waals surface area contributed by atoms with Gasteiger partial charge in [0, 0.05) is 0 Å². The first kappa shape index (κ1) is 37.7. The van der Waals surface area contributed by atoms with Crippen molar-refractivity contribution in [2.24, 2.45) is 5.92 Å². The Labute approximate surface area is 316 Å². The molecule has 0 saturated heterocycles. The van der Waals surface area contributed by atoms with E-state index in [1.165, 1.54) is 71.0 Å². The number of benzene rings is 5. The molecular formula is C49H59NP2. The summed E-state index contributed by atoms with van der Waals surface area (Å²) in [7, 11) is -6.01. The zero-order valence-electron chi connectivity index (χ0n) is 31.7. The molecular weight excluding hydrogens is 664 g/mol. The van der Waals surface area contributed by atoms with E-state index >= 15 is 0 Å². The summed E-state index contributed by atoms with van der Waals surface area (Å²) in [6.07, 6.45) is 21.7. The summed E-state index contributed by atoms with van der Waals surface area (Å²) in [4.78, 5) is 0. The predicted molar refractivity (Wildman–Crippen MR) is 238 cm³/mol. The second-order valence-electron chi connectivity index (χ2n) is 14.6. The van der Waals surface area contributed by atoms with E-state index in [-0.39, 0.29) is 5.66 Å². The van der Waals surface area contributed by atoms with Crippen LogP contribution in [0.3, 0.4) is 0 Å². The van der Waals surface area contributed by atoms with Gasteiger partial charge in [-0.15, -0.1) is 0 Å². The molecule has 0 spiro atoms. The Kier molecular flexibility index (Phi) is 13.2. The normalized spacial score (nSPS) is 18.2. The van der Waals surface area contributed by atoms with Crippen molar-refractivity contribution in [2.45, 2.75) is 77.5 Å². The van der Waals surface area contributed by atoms with Crippen LogP contribution in [0.2, 0.25) is 0 Å². The van der Waals surface area contributed by atoms with Gasteiger partial charge in [0.2, 0.25) is 0 Å². The molecule has 0 N–H and O–H groups in total. The fourth-order valence-electron chi connectivity index (χ4n) is 9.40. The zero-order chi connectivity index (χ0) is 36.2. The summed E-state index contributed by atoms with van der Waals surface area (Å²) in [5, 5.41) is 5.93. The topological polar surface area (TPSA) is 3.24 Å². The van der Waals surface area contributed by atoms with Gasteiger partial charge in [-0.3, -0.25) is 0 Å². The first-order chi connectivity index (χ1) is 25.6. The van der Waals surface area contributed by atoms with E-state index in [2.05, 4.69) is 214 Å². The van der Waals surface area contributed by atoms with Gasteiger partial charge in [-0.25, -0.2) is 0 Å². The Hall–Kier alpha value is -4.02. The molecule has 0 radical (unpaired) electrons. The second kappa shape index (κ2) is 18.1. The number of hydrogen-bond acceptors (Lipinski definition) is 1. The monoisotopic (exact) mass is 723 g/mol. The number of anilines is 1. The summed E-state index contributed by atoms with van der Waals surface area (Å²) >= 11 is 0. The van der Waals surface area contributed by atoms with E-state index in [9.17, 15) is 0 Å². The molecule has 1 atom stereocenters. The molecule has 0 unspecified atom stereocenters. The van der Waals surface area contributed by atoms with Gasteiger partial charge in [-0.05, 0) is 0 Å². The number of allylic oxidation sites excluding steroid dienone is 6. The molecule has 5 aromatic rings. The molecule has 0 amide bonds. The zero-order valence-corrected chi connectivity index (χ0v) is 33.7. The molecule has 52 heavy (non-hydrogen) atoms. The molecule has 0 aliphatic heterocycles. The van der Waals surface area contributed by atoms with Crippen molar-refractivity contribution in [2.75, 3.05) is 4.44 Å². The number of rotatable bonds is 14. The molecule has 1 nitrogen and oxygen atoms in total. The number of para-hydroxylation sites is 1. The van der Waals surface area contributed by atoms with Gasteiger partial charge in [0.05, 0.1) is 0 Å². The fraction of sp³-hybridized carbons (Fsp3) is 0.265. The van der Waals surface area contributed by atoms with E-state index in [0.29, 0.717) is 5.66 Å². The van der Waals surface area contributed by atoms with Crippen LogP contribution in [-0.4, -0.2) is 11.3 Å². The summed E-state index contributed by atoms with van der Waals surface area (Å²) in [5.74, 6) is 0.816.